The molecule has 7 nitrogen and oxygen atoms in total. The molecule has 5 atom stereocenters. The Hall–Kier alpha value is -0.786. The predicted molar refractivity (Wildman–Crippen MR) is 195 cm³/mol. The minimum atomic E-state index is -3.66. The van der Waals surface area contributed by atoms with Gasteiger partial charge in [-0.05, 0) is 92.5 Å². The van der Waals surface area contributed by atoms with E-state index in [1.165, 1.54) is 26.4 Å². The summed E-state index contributed by atoms with van der Waals surface area (Å²) >= 11 is 0. The van der Waals surface area contributed by atoms with Crippen LogP contribution in [-0.4, -0.2) is 62.7 Å². The number of hydrogen-bond donors (Lipinski definition) is 0. The Balaban J connectivity index is 2.43. The maximum absolute atomic E-state index is 12.5. The van der Waals surface area contributed by atoms with Crippen LogP contribution in [-0.2, 0) is 32.7 Å². The van der Waals surface area contributed by atoms with Crippen LogP contribution in [0, 0.1) is 17.3 Å². The molecule has 10 heteroatoms. The molecular formula is C36H68O7SSi2. The molecule has 268 valence electrons. The van der Waals surface area contributed by atoms with Gasteiger partial charge in [-0.2, -0.15) is 8.42 Å². The van der Waals surface area contributed by atoms with Crippen molar-refractivity contribution in [1.82, 2.24) is 0 Å². The highest BCUT2D eigenvalue weighted by molar-refractivity contribution is 7.86. The molecular weight excluding hydrogens is 633 g/mol. The van der Waals surface area contributed by atoms with Gasteiger partial charge < -0.3 is 13.6 Å². The van der Waals surface area contributed by atoms with Crippen LogP contribution in [0.3, 0.4) is 0 Å². The molecule has 2 aliphatic carbocycles. The lowest BCUT2D eigenvalue weighted by Crippen LogP contribution is -2.51. The van der Waals surface area contributed by atoms with E-state index in [1.54, 1.807) is 0 Å². The average Bonchev–Trinajstić information content (AvgIpc) is 3.17. The first-order valence-corrected chi connectivity index (χ1v) is 25.2. The fraction of sp³-hybridized carbons (Fsp3) is 0.861. The minimum absolute atomic E-state index is 0.00748. The van der Waals surface area contributed by atoms with Crippen LogP contribution in [0.4, 0.5) is 0 Å². The van der Waals surface area contributed by atoms with E-state index in [2.05, 4.69) is 99.0 Å². The molecule has 0 amide bonds. The van der Waals surface area contributed by atoms with E-state index in [0.717, 1.165) is 25.5 Å². The van der Waals surface area contributed by atoms with Crippen LogP contribution in [0.1, 0.15) is 113 Å². The molecule has 1 unspecified atom stereocenters. The van der Waals surface area contributed by atoms with Crippen LogP contribution in [0.25, 0.3) is 0 Å². The van der Waals surface area contributed by atoms with Gasteiger partial charge in [-0.3, -0.25) is 8.98 Å². The smallest absolute Gasteiger partial charge is 0.305 e. The zero-order valence-corrected chi connectivity index (χ0v) is 34.3. The minimum Gasteiger partial charge on any atom is -0.469 e. The van der Waals surface area contributed by atoms with Gasteiger partial charge in [-0.15, -0.1) is 0 Å². The van der Waals surface area contributed by atoms with E-state index in [4.69, 9.17) is 17.8 Å². The van der Waals surface area contributed by atoms with Gasteiger partial charge in [0.05, 0.1) is 31.7 Å². The summed E-state index contributed by atoms with van der Waals surface area (Å²) in [6.07, 6.45) is 18.3. The summed E-state index contributed by atoms with van der Waals surface area (Å²) < 4.78 is 49.7. The Bertz CT molecular complexity index is 1140. The quantitative estimate of drug-likeness (QED) is 0.0491. The van der Waals surface area contributed by atoms with E-state index in [1.807, 2.05) is 0 Å². The van der Waals surface area contributed by atoms with E-state index in [-0.39, 0.29) is 45.5 Å². The summed E-state index contributed by atoms with van der Waals surface area (Å²) in [5.74, 6) is -0.251. The molecule has 0 radical (unpaired) electrons. The molecule has 0 aromatic rings. The third kappa shape index (κ3) is 11.4. The van der Waals surface area contributed by atoms with E-state index in [0.29, 0.717) is 25.7 Å². The SMILES string of the molecule is CCC1(C(CC=C[C@@H]2[C@@H](CC=CCCCC(=O)OC)[C@@H](OS(C)(=O)=O)C[C@H]2O[Si](C)(C)C(C)(C)C)O[Si](C)(C)C(C)(C)C)CCC1. The zero-order valence-electron chi connectivity index (χ0n) is 31.5. The summed E-state index contributed by atoms with van der Waals surface area (Å²) in [6, 6.07) is 0. The number of unbranched alkanes of at least 4 members (excludes halogenated alkanes) is 1. The molecule has 0 saturated heterocycles. The standard InChI is InChI=1S/C36H68O7SSi2/c1-14-36(25-20-26-36)32(43-46(12,13)35(5,6)7)23-19-22-29-28(21-17-15-16-18-24-33(37)40-8)30(41-44(9,38)39)27-31(29)42-45(10,11)34(2,3)4/h15,17,19,22,28-32H,14,16,18,20-21,23-27H2,1-13H3/t28-,29-,30+,31-,32?/m1/s1. The number of carbonyl (C=O) groups excluding carboxylic acids is 1. The monoisotopic (exact) mass is 700 g/mol. The van der Waals surface area contributed by atoms with Gasteiger partial charge in [0.15, 0.2) is 16.6 Å². The van der Waals surface area contributed by atoms with Crippen LogP contribution in [0.5, 0.6) is 0 Å². The normalized spacial score (nSPS) is 25.2. The number of esters is 1. The Labute approximate surface area is 285 Å². The van der Waals surface area contributed by atoms with E-state index < -0.39 is 32.9 Å². The van der Waals surface area contributed by atoms with Crippen LogP contribution in [0.2, 0.25) is 36.3 Å². The first-order valence-electron chi connectivity index (χ1n) is 17.6. The molecule has 0 aliphatic heterocycles. The summed E-state index contributed by atoms with van der Waals surface area (Å²) in [4.78, 5) is 11.5. The van der Waals surface area contributed by atoms with Crippen molar-refractivity contribution in [2.24, 2.45) is 17.3 Å². The van der Waals surface area contributed by atoms with Crippen molar-refractivity contribution < 1.29 is 31.0 Å². The van der Waals surface area contributed by atoms with Crippen LogP contribution >= 0.6 is 0 Å². The second-order valence-corrected chi connectivity index (χ2v) is 28.1. The zero-order chi connectivity index (χ0) is 35.2. The molecule has 2 saturated carbocycles. The van der Waals surface area contributed by atoms with Gasteiger partial charge in [-0.25, -0.2) is 0 Å². The highest BCUT2D eigenvalue weighted by atomic mass is 32.2. The van der Waals surface area contributed by atoms with Crippen molar-refractivity contribution >= 4 is 32.7 Å². The number of allylic oxidation sites excluding steroid dienone is 2. The predicted octanol–water partition coefficient (Wildman–Crippen LogP) is 9.56. The maximum atomic E-state index is 12.5. The Morgan fingerprint density at radius 3 is 2.04 bits per heavy atom. The highest BCUT2D eigenvalue weighted by Crippen LogP contribution is 2.52. The third-order valence-electron chi connectivity index (χ3n) is 11.7. The molecule has 0 aromatic heterocycles. The Morgan fingerprint density at radius 1 is 0.957 bits per heavy atom. The molecule has 0 heterocycles. The molecule has 46 heavy (non-hydrogen) atoms. The summed E-state index contributed by atoms with van der Waals surface area (Å²) in [7, 11) is -6.40. The second kappa shape index (κ2) is 16.3. The van der Waals surface area contributed by atoms with Crippen LogP contribution < -0.4 is 0 Å². The lowest BCUT2D eigenvalue weighted by Gasteiger charge is -2.51. The topological polar surface area (TPSA) is 88.1 Å². The maximum Gasteiger partial charge on any atom is 0.305 e. The molecule has 0 spiro atoms. The highest BCUT2D eigenvalue weighted by Gasteiger charge is 2.50. The van der Waals surface area contributed by atoms with Gasteiger partial charge in [0.1, 0.15) is 0 Å². The summed E-state index contributed by atoms with van der Waals surface area (Å²) in [5, 5.41) is 0.150. The Morgan fingerprint density at radius 2 is 1.57 bits per heavy atom. The van der Waals surface area contributed by atoms with Gasteiger partial charge in [0, 0.05) is 18.8 Å². The van der Waals surface area contributed by atoms with Crippen molar-refractivity contribution in [1.29, 1.82) is 0 Å². The molecule has 2 aliphatic rings. The van der Waals surface area contributed by atoms with Crippen molar-refractivity contribution in [2.45, 2.75) is 167 Å². The van der Waals surface area contributed by atoms with E-state index in [9.17, 15) is 13.2 Å². The fourth-order valence-corrected chi connectivity index (χ4v) is 9.81. The first kappa shape index (κ1) is 41.4. The van der Waals surface area contributed by atoms with Gasteiger partial charge in [-0.1, -0.05) is 79.2 Å². The summed E-state index contributed by atoms with van der Waals surface area (Å²) in [6.45, 7) is 25.2. The van der Waals surface area contributed by atoms with Crippen molar-refractivity contribution in [3.05, 3.63) is 24.3 Å². The van der Waals surface area contributed by atoms with Gasteiger partial charge in [0.25, 0.3) is 10.1 Å². The number of hydrogen-bond acceptors (Lipinski definition) is 7. The first-order chi connectivity index (χ1) is 21.0. The number of methoxy groups -OCH3 is 1. The fourth-order valence-electron chi connectivity index (χ4n) is 6.36. The van der Waals surface area contributed by atoms with E-state index >= 15 is 0 Å². The molecule has 0 N–H and O–H groups in total. The molecule has 2 fully saturated rings. The van der Waals surface area contributed by atoms with Crippen molar-refractivity contribution in [3.63, 3.8) is 0 Å². The largest absolute Gasteiger partial charge is 0.469 e. The van der Waals surface area contributed by atoms with Gasteiger partial charge >= 0.3 is 5.97 Å². The molecule has 2 rings (SSSR count). The number of ether oxygens (including phenoxy) is 1. The van der Waals surface area contributed by atoms with Crippen LogP contribution in [0.15, 0.2) is 24.3 Å². The average molecular weight is 701 g/mol. The van der Waals surface area contributed by atoms with Crippen molar-refractivity contribution in [3.8, 4) is 0 Å². The number of carbonyl (C=O) groups is 1. The summed E-state index contributed by atoms with van der Waals surface area (Å²) in [5.41, 5.74) is 0.223. The number of rotatable bonds is 17. The lowest BCUT2D eigenvalue weighted by atomic mass is 9.63. The van der Waals surface area contributed by atoms with Gasteiger partial charge in [0.2, 0.25) is 0 Å². The lowest BCUT2D eigenvalue weighted by molar-refractivity contribution is -0.140. The molecule has 0 aromatic carbocycles. The molecule has 0 bridgehead atoms. The Kier molecular flexibility index (Phi) is 14.6. The third-order valence-corrected chi connectivity index (χ3v) is 21.2. The van der Waals surface area contributed by atoms with Crippen molar-refractivity contribution in [2.75, 3.05) is 13.4 Å². The second-order valence-electron chi connectivity index (χ2n) is 17.0.